The van der Waals surface area contributed by atoms with E-state index < -0.39 is 0 Å². The molecule has 0 aliphatic carbocycles. The Morgan fingerprint density at radius 1 is 0.943 bits per heavy atom. The Bertz CT molecular complexity index is 1160. The molecule has 3 aromatic rings. The molecule has 1 unspecified atom stereocenters. The van der Waals surface area contributed by atoms with Crippen LogP contribution in [0, 0.1) is 0 Å². The maximum absolute atomic E-state index is 12.1. The summed E-state index contributed by atoms with van der Waals surface area (Å²) in [5.74, 6) is 1.41. The highest BCUT2D eigenvalue weighted by atomic mass is 16.5. The standard InChI is InChI=1S/C28H33N5O2/c1-28(16-24-9-6-10-25(15-24)35-2)20-33(26(29)32-28)19-23-13-11-22(12-14-23)18-31-27(34)30-17-21-7-4-3-5-8-21/h3-15H,16-20H2,1-2H3,(H2,29,32)(H2,30,31,34). The summed E-state index contributed by atoms with van der Waals surface area (Å²) >= 11 is 0. The van der Waals surface area contributed by atoms with E-state index >= 15 is 0 Å². The van der Waals surface area contributed by atoms with E-state index in [9.17, 15) is 4.79 Å². The van der Waals surface area contributed by atoms with Crippen molar-refractivity contribution in [2.24, 2.45) is 10.7 Å². The predicted octanol–water partition coefficient (Wildman–Crippen LogP) is 3.83. The van der Waals surface area contributed by atoms with Gasteiger partial charge in [0, 0.05) is 26.2 Å². The summed E-state index contributed by atoms with van der Waals surface area (Å²) in [4.78, 5) is 19.0. The lowest BCUT2D eigenvalue weighted by Gasteiger charge is -2.24. The first kappa shape index (κ1) is 24.1. The first-order chi connectivity index (χ1) is 16.9. The van der Waals surface area contributed by atoms with E-state index in [0.29, 0.717) is 25.6 Å². The van der Waals surface area contributed by atoms with E-state index in [1.807, 2.05) is 60.7 Å². The smallest absolute Gasteiger partial charge is 0.315 e. The second-order valence-corrected chi connectivity index (χ2v) is 9.19. The molecule has 0 saturated heterocycles. The Hall–Kier alpha value is -4.00. The number of hydrogen-bond donors (Lipinski definition) is 3. The fourth-order valence-corrected chi connectivity index (χ4v) is 4.34. The lowest BCUT2D eigenvalue weighted by atomic mass is 9.93. The number of guanidine groups is 1. The van der Waals surface area contributed by atoms with Gasteiger partial charge in [-0.05, 0) is 47.7 Å². The first-order valence-electron chi connectivity index (χ1n) is 11.8. The Labute approximate surface area is 207 Å². The highest BCUT2D eigenvalue weighted by Crippen LogP contribution is 2.27. The number of urea groups is 1. The number of methoxy groups -OCH3 is 1. The SMILES string of the molecule is COc1cccc(CC2(C)CN(Cc3ccc(CNC(=O)NCc4ccccc4)cc3)C(N)=N2)c1. The third-order valence-corrected chi connectivity index (χ3v) is 6.10. The second-order valence-electron chi connectivity index (χ2n) is 9.19. The van der Waals surface area contributed by atoms with Gasteiger partial charge in [0.15, 0.2) is 5.96 Å². The number of nitrogens with one attached hydrogen (secondary N) is 2. The molecule has 2 amide bonds. The van der Waals surface area contributed by atoms with Crippen LogP contribution in [0.5, 0.6) is 5.75 Å². The quantitative estimate of drug-likeness (QED) is 0.442. The third kappa shape index (κ3) is 6.76. The Kier molecular flexibility index (Phi) is 7.55. The monoisotopic (exact) mass is 471 g/mol. The van der Waals surface area contributed by atoms with Crippen LogP contribution in [0.4, 0.5) is 4.79 Å². The van der Waals surface area contributed by atoms with Crippen LogP contribution >= 0.6 is 0 Å². The number of nitrogens with zero attached hydrogens (tertiary/aromatic N) is 2. The maximum atomic E-state index is 12.1. The lowest BCUT2D eigenvalue weighted by molar-refractivity contribution is 0.240. The van der Waals surface area contributed by atoms with Crippen molar-refractivity contribution < 1.29 is 9.53 Å². The zero-order valence-corrected chi connectivity index (χ0v) is 20.3. The van der Waals surface area contributed by atoms with E-state index in [-0.39, 0.29) is 11.6 Å². The molecule has 1 aliphatic heterocycles. The topological polar surface area (TPSA) is 92.0 Å². The minimum Gasteiger partial charge on any atom is -0.497 e. The third-order valence-electron chi connectivity index (χ3n) is 6.10. The maximum Gasteiger partial charge on any atom is 0.315 e. The lowest BCUT2D eigenvalue weighted by Crippen LogP contribution is -2.37. The van der Waals surface area contributed by atoms with Crippen LogP contribution in [0.2, 0.25) is 0 Å². The number of carbonyl (C=O) groups excluding carboxylic acids is 1. The largest absolute Gasteiger partial charge is 0.497 e. The van der Waals surface area contributed by atoms with Crippen LogP contribution < -0.4 is 21.1 Å². The molecule has 0 aromatic heterocycles. The molecule has 35 heavy (non-hydrogen) atoms. The number of amides is 2. The van der Waals surface area contributed by atoms with Gasteiger partial charge in [0.25, 0.3) is 0 Å². The molecule has 1 heterocycles. The molecular weight excluding hydrogens is 438 g/mol. The fourth-order valence-electron chi connectivity index (χ4n) is 4.34. The van der Waals surface area contributed by atoms with Crippen molar-refractivity contribution in [2.75, 3.05) is 13.7 Å². The number of hydrogen-bond acceptors (Lipinski definition) is 5. The number of ether oxygens (including phenoxy) is 1. The van der Waals surface area contributed by atoms with Crippen LogP contribution in [-0.4, -0.2) is 36.1 Å². The fraction of sp³-hybridized carbons (Fsp3) is 0.286. The van der Waals surface area contributed by atoms with Crippen molar-refractivity contribution in [3.8, 4) is 5.75 Å². The van der Waals surface area contributed by atoms with Crippen molar-refractivity contribution in [1.82, 2.24) is 15.5 Å². The van der Waals surface area contributed by atoms with Crippen molar-refractivity contribution >= 4 is 12.0 Å². The van der Waals surface area contributed by atoms with E-state index in [4.69, 9.17) is 15.5 Å². The van der Waals surface area contributed by atoms with Crippen LogP contribution in [0.3, 0.4) is 0 Å². The summed E-state index contributed by atoms with van der Waals surface area (Å²) in [5.41, 5.74) is 10.4. The Morgan fingerprint density at radius 3 is 2.26 bits per heavy atom. The number of aliphatic imine (C=N–C) groups is 1. The molecule has 3 aromatic carbocycles. The zero-order chi connectivity index (χ0) is 24.7. The molecular formula is C28H33N5O2. The summed E-state index contributed by atoms with van der Waals surface area (Å²) in [6, 6.07) is 26.0. The highest BCUT2D eigenvalue weighted by Gasteiger charge is 2.34. The van der Waals surface area contributed by atoms with E-state index in [2.05, 4.69) is 40.7 Å². The zero-order valence-electron chi connectivity index (χ0n) is 20.3. The molecule has 0 saturated carbocycles. The molecule has 7 nitrogen and oxygen atoms in total. The van der Waals surface area contributed by atoms with Crippen LogP contribution in [0.1, 0.15) is 29.2 Å². The molecule has 1 atom stereocenters. The Balaban J connectivity index is 1.26. The van der Waals surface area contributed by atoms with Crippen molar-refractivity contribution in [2.45, 2.75) is 38.5 Å². The summed E-state index contributed by atoms with van der Waals surface area (Å²) in [7, 11) is 1.68. The number of benzene rings is 3. The number of carbonyl (C=O) groups is 1. The number of nitrogens with two attached hydrogens (primary N) is 1. The Morgan fingerprint density at radius 2 is 1.57 bits per heavy atom. The van der Waals surface area contributed by atoms with E-state index in [1.54, 1.807) is 7.11 Å². The van der Waals surface area contributed by atoms with E-state index in [0.717, 1.165) is 35.4 Å². The second kappa shape index (κ2) is 11.0. The molecule has 1 aliphatic rings. The molecule has 0 bridgehead atoms. The van der Waals surface area contributed by atoms with Crippen LogP contribution in [-0.2, 0) is 26.1 Å². The molecule has 4 rings (SSSR count). The van der Waals surface area contributed by atoms with Gasteiger partial charge in [-0.15, -0.1) is 0 Å². The van der Waals surface area contributed by atoms with Crippen molar-refractivity contribution in [1.29, 1.82) is 0 Å². The first-order valence-corrected chi connectivity index (χ1v) is 11.8. The van der Waals surface area contributed by atoms with Gasteiger partial charge in [-0.3, -0.25) is 0 Å². The summed E-state index contributed by atoms with van der Waals surface area (Å²) < 4.78 is 5.35. The van der Waals surface area contributed by atoms with Crippen molar-refractivity contribution in [3.63, 3.8) is 0 Å². The minimum atomic E-state index is -0.284. The van der Waals surface area contributed by atoms with Gasteiger partial charge in [-0.2, -0.15) is 0 Å². The average molecular weight is 472 g/mol. The van der Waals surface area contributed by atoms with Gasteiger partial charge in [-0.1, -0.05) is 66.7 Å². The summed E-state index contributed by atoms with van der Waals surface area (Å²) in [5, 5.41) is 5.78. The molecule has 0 radical (unpaired) electrons. The van der Waals surface area contributed by atoms with Gasteiger partial charge in [-0.25, -0.2) is 9.79 Å². The minimum absolute atomic E-state index is 0.186. The van der Waals surface area contributed by atoms with Gasteiger partial charge in [0.1, 0.15) is 5.75 Å². The van der Waals surface area contributed by atoms with Gasteiger partial charge < -0.3 is 26.0 Å². The normalized spacial score (nSPS) is 17.1. The van der Waals surface area contributed by atoms with Crippen molar-refractivity contribution in [3.05, 3.63) is 101 Å². The summed E-state index contributed by atoms with van der Waals surface area (Å²) in [6.07, 6.45) is 0.790. The number of rotatable bonds is 9. The summed E-state index contributed by atoms with van der Waals surface area (Å²) in [6.45, 7) is 4.54. The molecule has 0 spiro atoms. The molecule has 0 fully saturated rings. The molecule has 182 valence electrons. The highest BCUT2D eigenvalue weighted by molar-refractivity contribution is 5.80. The van der Waals surface area contributed by atoms with Crippen LogP contribution in [0.25, 0.3) is 0 Å². The van der Waals surface area contributed by atoms with Gasteiger partial charge in [0.05, 0.1) is 12.6 Å². The van der Waals surface area contributed by atoms with Gasteiger partial charge in [0.2, 0.25) is 0 Å². The predicted molar refractivity (Wildman–Crippen MR) is 139 cm³/mol. The van der Waals surface area contributed by atoms with Gasteiger partial charge >= 0.3 is 6.03 Å². The molecule has 7 heteroatoms. The molecule has 4 N–H and O–H groups in total. The average Bonchev–Trinajstić information content (AvgIpc) is 3.15. The van der Waals surface area contributed by atoms with Crippen LogP contribution in [0.15, 0.2) is 83.9 Å². The van der Waals surface area contributed by atoms with E-state index in [1.165, 1.54) is 5.56 Å².